The van der Waals surface area contributed by atoms with Crippen LogP contribution in [0.15, 0.2) is 18.2 Å². The van der Waals surface area contributed by atoms with Crippen LogP contribution in [0, 0.1) is 6.92 Å². The maximum Gasteiger partial charge on any atom is 0.122 e. The highest BCUT2D eigenvalue weighted by Crippen LogP contribution is 2.26. The smallest absolute Gasteiger partial charge is 0.122 e. The van der Waals surface area contributed by atoms with Crippen molar-refractivity contribution in [3.05, 3.63) is 29.3 Å². The maximum atomic E-state index is 5.72. The van der Waals surface area contributed by atoms with Crippen molar-refractivity contribution in [3.63, 3.8) is 0 Å². The first kappa shape index (κ1) is 18.0. The number of ether oxygens (including phenoxy) is 1. The minimum absolute atomic E-state index is 0.218. The van der Waals surface area contributed by atoms with Crippen LogP contribution in [0.1, 0.15) is 75.5 Å². The van der Waals surface area contributed by atoms with Gasteiger partial charge in [-0.15, -0.1) is 0 Å². The van der Waals surface area contributed by atoms with Crippen LogP contribution >= 0.6 is 0 Å². The highest BCUT2D eigenvalue weighted by atomic mass is 16.5. The molecule has 3 N–H and O–H groups in total. The Morgan fingerprint density at radius 3 is 2.38 bits per heavy atom. The number of nitrogens with one attached hydrogen (secondary N) is 1. The lowest BCUT2D eigenvalue weighted by Gasteiger charge is -2.18. The molecule has 0 spiro atoms. The van der Waals surface area contributed by atoms with Gasteiger partial charge >= 0.3 is 0 Å². The zero-order valence-corrected chi connectivity index (χ0v) is 14.0. The number of hydrazine groups is 1. The molecule has 0 heterocycles. The fourth-order valence-corrected chi connectivity index (χ4v) is 2.71. The quantitative estimate of drug-likeness (QED) is 0.354. The molecule has 0 radical (unpaired) electrons. The molecule has 120 valence electrons. The third-order valence-electron chi connectivity index (χ3n) is 4.13. The van der Waals surface area contributed by atoms with Crippen LogP contribution < -0.4 is 16.0 Å². The Morgan fingerprint density at radius 1 is 1.10 bits per heavy atom. The minimum Gasteiger partial charge on any atom is -0.496 e. The molecule has 21 heavy (non-hydrogen) atoms. The molecule has 0 amide bonds. The van der Waals surface area contributed by atoms with Crippen molar-refractivity contribution < 1.29 is 4.74 Å². The van der Waals surface area contributed by atoms with E-state index < -0.39 is 0 Å². The van der Waals surface area contributed by atoms with E-state index in [0.29, 0.717) is 0 Å². The zero-order chi connectivity index (χ0) is 15.5. The summed E-state index contributed by atoms with van der Waals surface area (Å²) in [6, 6.07) is 6.56. The predicted octanol–water partition coefficient (Wildman–Crippen LogP) is 4.65. The highest BCUT2D eigenvalue weighted by Gasteiger charge is 2.11. The largest absolute Gasteiger partial charge is 0.496 e. The molecule has 0 aliphatic carbocycles. The summed E-state index contributed by atoms with van der Waals surface area (Å²) in [5.41, 5.74) is 5.32. The summed E-state index contributed by atoms with van der Waals surface area (Å²) in [4.78, 5) is 0. The first-order chi connectivity index (χ1) is 10.2. The molecule has 1 unspecified atom stereocenters. The summed E-state index contributed by atoms with van der Waals surface area (Å²) < 4.78 is 5.39. The van der Waals surface area contributed by atoms with Crippen molar-refractivity contribution in [2.24, 2.45) is 5.84 Å². The van der Waals surface area contributed by atoms with Gasteiger partial charge in [-0.25, -0.2) is 0 Å². The number of hydrogen-bond donors (Lipinski definition) is 2. The summed E-state index contributed by atoms with van der Waals surface area (Å²) in [7, 11) is 1.72. The van der Waals surface area contributed by atoms with Gasteiger partial charge in [0.25, 0.3) is 0 Å². The Morgan fingerprint density at radius 2 is 1.76 bits per heavy atom. The number of nitrogens with two attached hydrogens (primary N) is 1. The van der Waals surface area contributed by atoms with Crippen LogP contribution in [0.25, 0.3) is 0 Å². The van der Waals surface area contributed by atoms with E-state index in [9.17, 15) is 0 Å². The summed E-state index contributed by atoms with van der Waals surface area (Å²) in [5.74, 6) is 6.66. The fraction of sp³-hybridized carbons (Fsp3) is 0.667. The van der Waals surface area contributed by atoms with Crippen LogP contribution in [0.5, 0.6) is 5.75 Å². The third-order valence-corrected chi connectivity index (χ3v) is 4.13. The second-order valence-corrected chi connectivity index (χ2v) is 5.86. The van der Waals surface area contributed by atoms with Crippen LogP contribution in [0.3, 0.4) is 0 Å². The van der Waals surface area contributed by atoms with Gasteiger partial charge < -0.3 is 4.74 Å². The first-order valence-corrected chi connectivity index (χ1v) is 8.33. The van der Waals surface area contributed by atoms with E-state index in [0.717, 1.165) is 17.7 Å². The molecule has 3 heteroatoms. The molecule has 0 saturated heterocycles. The Balaban J connectivity index is 2.37. The minimum atomic E-state index is 0.218. The molecule has 1 aromatic rings. The first-order valence-electron chi connectivity index (χ1n) is 8.33. The van der Waals surface area contributed by atoms with Crippen molar-refractivity contribution in [1.29, 1.82) is 0 Å². The van der Waals surface area contributed by atoms with Crippen molar-refractivity contribution in [2.45, 2.75) is 71.3 Å². The van der Waals surface area contributed by atoms with E-state index in [1.54, 1.807) is 7.11 Å². The molecule has 0 saturated carbocycles. The molecule has 3 nitrogen and oxygen atoms in total. The van der Waals surface area contributed by atoms with Crippen LogP contribution in [-0.4, -0.2) is 7.11 Å². The Bertz CT molecular complexity index is 393. The van der Waals surface area contributed by atoms with Gasteiger partial charge in [0.1, 0.15) is 5.75 Å². The van der Waals surface area contributed by atoms with Gasteiger partial charge in [-0.1, -0.05) is 64.0 Å². The van der Waals surface area contributed by atoms with Crippen molar-refractivity contribution in [2.75, 3.05) is 7.11 Å². The average Bonchev–Trinajstić information content (AvgIpc) is 2.51. The lowest BCUT2D eigenvalue weighted by molar-refractivity contribution is 0.408. The molecule has 0 aliphatic heterocycles. The fourth-order valence-electron chi connectivity index (χ4n) is 2.71. The Labute approximate surface area is 130 Å². The van der Waals surface area contributed by atoms with Gasteiger partial charge in [0, 0.05) is 6.04 Å². The van der Waals surface area contributed by atoms with E-state index in [2.05, 4.69) is 37.5 Å². The summed E-state index contributed by atoms with van der Waals surface area (Å²) >= 11 is 0. The molecular weight excluding hydrogens is 260 g/mol. The van der Waals surface area contributed by atoms with Crippen molar-refractivity contribution in [1.82, 2.24) is 5.43 Å². The van der Waals surface area contributed by atoms with Crippen molar-refractivity contribution >= 4 is 0 Å². The van der Waals surface area contributed by atoms with E-state index in [4.69, 9.17) is 10.6 Å². The Kier molecular flexibility index (Phi) is 9.11. The van der Waals surface area contributed by atoms with E-state index in [1.165, 1.54) is 50.5 Å². The normalized spacial score (nSPS) is 12.4. The molecular formula is C18H32N2O. The lowest BCUT2D eigenvalue weighted by Crippen LogP contribution is -2.28. The third kappa shape index (κ3) is 6.49. The lowest BCUT2D eigenvalue weighted by atomic mass is 9.98. The summed E-state index contributed by atoms with van der Waals surface area (Å²) in [6.07, 6.45) is 10.4. The van der Waals surface area contributed by atoms with Gasteiger partial charge in [-0.05, 0) is 30.5 Å². The van der Waals surface area contributed by atoms with E-state index in [1.807, 2.05) is 0 Å². The van der Waals surface area contributed by atoms with Gasteiger partial charge in [-0.3, -0.25) is 11.3 Å². The van der Waals surface area contributed by atoms with Gasteiger partial charge in [0.05, 0.1) is 7.11 Å². The number of rotatable bonds is 11. The van der Waals surface area contributed by atoms with Crippen LogP contribution in [0.4, 0.5) is 0 Å². The van der Waals surface area contributed by atoms with Crippen molar-refractivity contribution in [3.8, 4) is 5.75 Å². The summed E-state index contributed by atoms with van der Waals surface area (Å²) in [6.45, 7) is 4.32. The second-order valence-electron chi connectivity index (χ2n) is 5.86. The van der Waals surface area contributed by atoms with Gasteiger partial charge in [0.2, 0.25) is 0 Å². The van der Waals surface area contributed by atoms with E-state index >= 15 is 0 Å². The molecule has 1 atom stereocenters. The van der Waals surface area contributed by atoms with Gasteiger partial charge in [-0.2, -0.15) is 0 Å². The highest BCUT2D eigenvalue weighted by molar-refractivity contribution is 5.37. The molecule has 1 aromatic carbocycles. The molecule has 0 aliphatic rings. The second kappa shape index (κ2) is 10.6. The number of hydrogen-bond acceptors (Lipinski definition) is 3. The molecule has 0 fully saturated rings. The maximum absolute atomic E-state index is 5.72. The number of aryl methyl sites for hydroxylation is 1. The average molecular weight is 292 g/mol. The molecule has 1 rings (SSSR count). The topological polar surface area (TPSA) is 47.3 Å². The van der Waals surface area contributed by atoms with Gasteiger partial charge in [0.15, 0.2) is 0 Å². The van der Waals surface area contributed by atoms with E-state index in [-0.39, 0.29) is 6.04 Å². The number of benzene rings is 1. The molecule has 0 aromatic heterocycles. The standard InChI is InChI=1S/C18H32N2O/c1-4-5-6-7-8-9-10-11-17(20-19)16-13-12-15(2)18(14-16)21-3/h12-14,17,20H,4-11,19H2,1-3H3. The number of unbranched alkanes of at least 4 members (excludes halogenated alkanes) is 6. The van der Waals surface area contributed by atoms with Crippen LogP contribution in [-0.2, 0) is 0 Å². The Hall–Kier alpha value is -1.06. The van der Waals surface area contributed by atoms with Crippen LogP contribution in [0.2, 0.25) is 0 Å². The summed E-state index contributed by atoms with van der Waals surface area (Å²) in [5, 5.41) is 0. The SMILES string of the molecule is CCCCCCCCCC(NN)c1ccc(C)c(OC)c1. The number of methoxy groups -OCH3 is 1. The monoisotopic (exact) mass is 292 g/mol. The zero-order valence-electron chi connectivity index (χ0n) is 14.0. The molecule has 0 bridgehead atoms. The predicted molar refractivity (Wildman–Crippen MR) is 90.4 cm³/mol.